The highest BCUT2D eigenvalue weighted by Gasteiger charge is 2.05. The van der Waals surface area contributed by atoms with Gasteiger partial charge in [0.05, 0.1) is 20.6 Å². The first kappa shape index (κ1) is 15.6. The van der Waals surface area contributed by atoms with Crippen molar-refractivity contribution in [3.05, 3.63) is 60.2 Å². The smallest absolute Gasteiger partial charge is 0.307 e. The predicted molar refractivity (Wildman–Crippen MR) is 77.3 cm³/mol. The summed E-state index contributed by atoms with van der Waals surface area (Å²) < 4.78 is 9.90. The molecule has 0 aliphatic rings. The fraction of sp³-hybridized carbons (Fsp3) is 0.188. The number of benzene rings is 2. The van der Waals surface area contributed by atoms with Crippen molar-refractivity contribution in [3.8, 4) is 11.5 Å². The number of rotatable bonds is 4. The van der Waals surface area contributed by atoms with Gasteiger partial charge in [-0.2, -0.15) is 0 Å². The Hall–Kier alpha value is -2.49. The minimum Gasteiger partial charge on any atom is -0.497 e. The van der Waals surface area contributed by atoms with Gasteiger partial charge in [0.1, 0.15) is 11.5 Å². The Morgan fingerprint density at radius 1 is 0.950 bits per heavy atom. The molecule has 106 valence electrons. The van der Waals surface area contributed by atoms with Gasteiger partial charge >= 0.3 is 5.97 Å². The lowest BCUT2D eigenvalue weighted by Crippen LogP contribution is -2.01. The zero-order valence-corrected chi connectivity index (χ0v) is 11.6. The summed E-state index contributed by atoms with van der Waals surface area (Å²) in [4.78, 5) is 10.4. The van der Waals surface area contributed by atoms with Crippen molar-refractivity contribution < 1.29 is 19.4 Å². The zero-order chi connectivity index (χ0) is 14.8. The van der Waals surface area contributed by atoms with Gasteiger partial charge in [-0.15, -0.1) is 0 Å². The van der Waals surface area contributed by atoms with Crippen LogP contribution in [0, 0.1) is 0 Å². The summed E-state index contributed by atoms with van der Waals surface area (Å²) in [5, 5.41) is 8.53. The van der Waals surface area contributed by atoms with Gasteiger partial charge in [-0.1, -0.05) is 36.4 Å². The summed E-state index contributed by atoms with van der Waals surface area (Å²) in [6.07, 6.45) is 0.00398. The molecular weight excluding hydrogens is 256 g/mol. The molecule has 0 aromatic heterocycles. The van der Waals surface area contributed by atoms with Crippen LogP contribution in [0.25, 0.3) is 0 Å². The van der Waals surface area contributed by atoms with E-state index in [9.17, 15) is 4.79 Å². The molecule has 0 aliphatic heterocycles. The highest BCUT2D eigenvalue weighted by molar-refractivity contribution is 5.71. The van der Waals surface area contributed by atoms with Crippen LogP contribution < -0.4 is 9.47 Å². The van der Waals surface area contributed by atoms with Crippen molar-refractivity contribution in [2.45, 2.75) is 6.42 Å². The topological polar surface area (TPSA) is 55.8 Å². The average molecular weight is 274 g/mol. The fourth-order valence-electron chi connectivity index (χ4n) is 1.57. The molecule has 0 bridgehead atoms. The summed E-state index contributed by atoms with van der Waals surface area (Å²) >= 11 is 0. The normalized spacial score (nSPS) is 9.10. The molecule has 2 rings (SSSR count). The summed E-state index contributed by atoms with van der Waals surface area (Å²) in [6, 6.07) is 16.8. The molecule has 2 aromatic carbocycles. The summed E-state index contributed by atoms with van der Waals surface area (Å²) in [5.74, 6) is 0.687. The fourth-order valence-corrected chi connectivity index (χ4v) is 1.57. The van der Waals surface area contributed by atoms with Crippen LogP contribution in [0.4, 0.5) is 0 Å². The van der Waals surface area contributed by atoms with E-state index in [1.54, 1.807) is 25.3 Å². The van der Waals surface area contributed by atoms with E-state index in [0.717, 1.165) is 5.75 Å². The van der Waals surface area contributed by atoms with Gasteiger partial charge in [0.25, 0.3) is 0 Å². The molecule has 4 nitrogen and oxygen atoms in total. The predicted octanol–water partition coefficient (Wildman–Crippen LogP) is 3.02. The number of carboxylic acids is 1. The minimum absolute atomic E-state index is 0.00398. The minimum atomic E-state index is -0.848. The number of carboxylic acid groups (broad SMARTS) is 1. The maximum atomic E-state index is 10.4. The first-order valence-corrected chi connectivity index (χ1v) is 6.10. The molecule has 0 saturated heterocycles. The first-order chi connectivity index (χ1) is 9.67. The largest absolute Gasteiger partial charge is 0.497 e. The van der Waals surface area contributed by atoms with E-state index in [-0.39, 0.29) is 6.42 Å². The van der Waals surface area contributed by atoms with Crippen LogP contribution in [0.5, 0.6) is 11.5 Å². The number of aliphatic carboxylic acids is 1. The number of hydrogen-bond donors (Lipinski definition) is 1. The quantitative estimate of drug-likeness (QED) is 0.931. The number of hydrogen-bond acceptors (Lipinski definition) is 3. The second-order valence-electron chi connectivity index (χ2n) is 3.90. The maximum absolute atomic E-state index is 10.4. The molecular formula is C16H18O4. The molecule has 0 spiro atoms. The summed E-state index contributed by atoms with van der Waals surface area (Å²) in [7, 11) is 3.19. The Morgan fingerprint density at radius 3 is 2.05 bits per heavy atom. The first-order valence-electron chi connectivity index (χ1n) is 6.10. The lowest BCUT2D eigenvalue weighted by Gasteiger charge is -2.04. The van der Waals surface area contributed by atoms with Crippen LogP contribution >= 0.6 is 0 Å². The Labute approximate surface area is 118 Å². The second-order valence-corrected chi connectivity index (χ2v) is 3.90. The van der Waals surface area contributed by atoms with E-state index < -0.39 is 5.97 Å². The van der Waals surface area contributed by atoms with Crippen LogP contribution in [0.3, 0.4) is 0 Å². The van der Waals surface area contributed by atoms with Gasteiger partial charge in [-0.25, -0.2) is 0 Å². The van der Waals surface area contributed by atoms with E-state index in [4.69, 9.17) is 14.6 Å². The van der Waals surface area contributed by atoms with Crippen molar-refractivity contribution in [1.82, 2.24) is 0 Å². The lowest BCUT2D eigenvalue weighted by molar-refractivity contribution is -0.136. The SMILES string of the molecule is COc1ccccc1.COc1ccccc1CC(=O)O. The number of para-hydroxylation sites is 2. The highest BCUT2D eigenvalue weighted by Crippen LogP contribution is 2.17. The van der Waals surface area contributed by atoms with Gasteiger partial charge in [0.15, 0.2) is 0 Å². The summed E-state index contributed by atoms with van der Waals surface area (Å²) in [5.41, 5.74) is 0.701. The number of ether oxygens (including phenoxy) is 2. The maximum Gasteiger partial charge on any atom is 0.307 e. The summed E-state index contributed by atoms with van der Waals surface area (Å²) in [6.45, 7) is 0. The van der Waals surface area contributed by atoms with Crippen molar-refractivity contribution in [1.29, 1.82) is 0 Å². The Kier molecular flexibility index (Phi) is 6.68. The molecule has 0 heterocycles. The van der Waals surface area contributed by atoms with E-state index in [0.29, 0.717) is 11.3 Å². The van der Waals surface area contributed by atoms with Gasteiger partial charge < -0.3 is 14.6 Å². The Bertz CT molecular complexity index is 523. The van der Waals surface area contributed by atoms with E-state index in [2.05, 4.69) is 0 Å². The molecule has 1 N–H and O–H groups in total. The third-order valence-corrected chi connectivity index (χ3v) is 2.51. The highest BCUT2D eigenvalue weighted by atomic mass is 16.5. The Morgan fingerprint density at radius 2 is 1.55 bits per heavy atom. The van der Waals surface area contributed by atoms with Crippen molar-refractivity contribution in [2.24, 2.45) is 0 Å². The van der Waals surface area contributed by atoms with Crippen molar-refractivity contribution in [2.75, 3.05) is 14.2 Å². The number of methoxy groups -OCH3 is 2. The van der Waals surface area contributed by atoms with Crippen LogP contribution in [0.15, 0.2) is 54.6 Å². The molecule has 0 unspecified atom stereocenters. The van der Waals surface area contributed by atoms with Gasteiger partial charge in [0, 0.05) is 5.56 Å². The average Bonchev–Trinajstić information content (AvgIpc) is 2.49. The van der Waals surface area contributed by atoms with Crippen molar-refractivity contribution >= 4 is 5.97 Å². The number of carbonyl (C=O) groups is 1. The third kappa shape index (κ3) is 5.44. The molecule has 0 atom stereocenters. The van der Waals surface area contributed by atoms with Crippen LogP contribution in [-0.2, 0) is 11.2 Å². The molecule has 20 heavy (non-hydrogen) atoms. The van der Waals surface area contributed by atoms with Crippen LogP contribution in [0.2, 0.25) is 0 Å². The molecule has 2 aromatic rings. The zero-order valence-electron chi connectivity index (χ0n) is 11.6. The van der Waals surface area contributed by atoms with Crippen LogP contribution in [0.1, 0.15) is 5.56 Å². The monoisotopic (exact) mass is 274 g/mol. The second kappa shape index (κ2) is 8.58. The molecule has 0 radical (unpaired) electrons. The van der Waals surface area contributed by atoms with Crippen molar-refractivity contribution in [3.63, 3.8) is 0 Å². The molecule has 0 saturated carbocycles. The van der Waals surface area contributed by atoms with Gasteiger partial charge in [-0.05, 0) is 18.2 Å². The molecule has 0 fully saturated rings. The molecule has 0 amide bonds. The van der Waals surface area contributed by atoms with Gasteiger partial charge in [0.2, 0.25) is 0 Å². The standard InChI is InChI=1S/C9H10O3.C7H8O/c1-12-8-5-3-2-4-7(8)6-9(10)11;1-8-7-5-3-2-4-6-7/h2-5H,6H2,1H3,(H,10,11);2-6H,1H3. The van der Waals surface area contributed by atoms with Crippen LogP contribution in [-0.4, -0.2) is 25.3 Å². The lowest BCUT2D eigenvalue weighted by atomic mass is 10.1. The van der Waals surface area contributed by atoms with Gasteiger partial charge in [-0.3, -0.25) is 4.79 Å². The third-order valence-electron chi connectivity index (χ3n) is 2.51. The van der Waals surface area contributed by atoms with E-state index >= 15 is 0 Å². The Balaban J connectivity index is 0.000000217. The molecule has 4 heteroatoms. The van der Waals surface area contributed by atoms with E-state index in [1.165, 1.54) is 7.11 Å². The molecule has 0 aliphatic carbocycles. The van der Waals surface area contributed by atoms with E-state index in [1.807, 2.05) is 36.4 Å².